The van der Waals surface area contributed by atoms with E-state index in [1.54, 1.807) is 30.4 Å². The number of aromatic carboxylic acids is 1. The van der Waals surface area contributed by atoms with E-state index in [-0.39, 0.29) is 17.8 Å². The summed E-state index contributed by atoms with van der Waals surface area (Å²) in [6, 6.07) is 13.6. The Bertz CT molecular complexity index is 1150. The van der Waals surface area contributed by atoms with Crippen LogP contribution in [0.25, 0.3) is 10.1 Å². The Morgan fingerprint density at radius 3 is 2.39 bits per heavy atom. The number of carboxylic acid groups (broad SMARTS) is 1. The van der Waals surface area contributed by atoms with Crippen molar-refractivity contribution in [3.8, 4) is 5.75 Å². The van der Waals surface area contributed by atoms with Crippen molar-refractivity contribution in [2.45, 2.75) is 46.0 Å². The van der Waals surface area contributed by atoms with Crippen LogP contribution in [0.1, 0.15) is 60.0 Å². The minimum atomic E-state index is -0.914. The van der Waals surface area contributed by atoms with E-state index in [9.17, 15) is 14.7 Å². The number of carbonyl (C=O) groups excluding carboxylic acids is 1. The average Bonchev–Trinajstić information content (AvgIpc) is 3.17. The monoisotopic (exact) mass is 436 g/mol. The molecule has 0 aliphatic rings. The van der Waals surface area contributed by atoms with Crippen LogP contribution in [0.5, 0.6) is 5.75 Å². The van der Waals surface area contributed by atoms with Crippen LogP contribution in [0, 0.1) is 6.92 Å². The average molecular weight is 437 g/mol. The maximum Gasteiger partial charge on any atom is 0.335 e. The quantitative estimate of drug-likeness (QED) is 0.387. The second kappa shape index (κ2) is 9.06. The summed E-state index contributed by atoms with van der Waals surface area (Å²) in [5.74, 6) is -0.323. The molecule has 0 radical (unpaired) electrons. The zero-order chi connectivity index (χ0) is 22.8. The van der Waals surface area contributed by atoms with Gasteiger partial charge in [-0.2, -0.15) is 0 Å². The van der Waals surface area contributed by atoms with Gasteiger partial charge in [-0.1, -0.05) is 32.6 Å². The molecule has 0 unspecified atom stereocenters. The molecule has 0 fully saturated rings. The highest BCUT2D eigenvalue weighted by Crippen LogP contribution is 2.45. The predicted molar refractivity (Wildman–Crippen MR) is 127 cm³/mol. The van der Waals surface area contributed by atoms with Gasteiger partial charge in [0.25, 0.3) is 0 Å². The van der Waals surface area contributed by atoms with Gasteiger partial charge in [0.1, 0.15) is 5.75 Å². The van der Waals surface area contributed by atoms with Gasteiger partial charge in [0, 0.05) is 15.0 Å². The van der Waals surface area contributed by atoms with Gasteiger partial charge in [0.2, 0.25) is 0 Å². The first-order valence-electron chi connectivity index (χ1n) is 10.4. The van der Waals surface area contributed by atoms with Crippen molar-refractivity contribution in [1.29, 1.82) is 0 Å². The highest BCUT2D eigenvalue weighted by molar-refractivity contribution is 7.19. The van der Waals surface area contributed by atoms with Crippen molar-refractivity contribution in [3.63, 3.8) is 0 Å². The van der Waals surface area contributed by atoms with Gasteiger partial charge in [-0.3, -0.25) is 4.79 Å². The molecule has 31 heavy (non-hydrogen) atoms. The second-order valence-electron chi connectivity index (χ2n) is 7.93. The van der Waals surface area contributed by atoms with E-state index in [0.29, 0.717) is 16.9 Å². The van der Waals surface area contributed by atoms with Gasteiger partial charge in [-0.25, -0.2) is 4.79 Å². The summed E-state index contributed by atoms with van der Waals surface area (Å²) < 4.78 is 6.81. The number of benzene rings is 2. The first-order valence-corrected chi connectivity index (χ1v) is 11.2. The lowest BCUT2D eigenvalue weighted by atomic mass is 9.74. The van der Waals surface area contributed by atoms with Crippen molar-refractivity contribution in [2.24, 2.45) is 0 Å². The lowest BCUT2D eigenvalue weighted by Gasteiger charge is -2.32. The van der Waals surface area contributed by atoms with Gasteiger partial charge in [-0.15, -0.1) is 11.3 Å². The minimum Gasteiger partial charge on any atom is -0.485 e. The van der Waals surface area contributed by atoms with Gasteiger partial charge in [0.05, 0.1) is 5.56 Å². The first-order chi connectivity index (χ1) is 14.7. The lowest BCUT2D eigenvalue weighted by molar-refractivity contribution is -0.117. The standard InChI is InChI=1S/C26H28O4S/c1-6-26(7-2,24-14-19-13-18(25(28)29)8-11-23(19)31-24)20-9-10-22(17(5)12-20)30-15-21(27)16(3)4/h8-14H,3,6-7,15H2,1-2,4-5H3,(H,28,29). The number of carbonyl (C=O) groups is 2. The van der Waals surface area contributed by atoms with Crippen LogP contribution in [-0.4, -0.2) is 23.5 Å². The van der Waals surface area contributed by atoms with Crippen LogP contribution in [0.2, 0.25) is 0 Å². The Morgan fingerprint density at radius 1 is 1.10 bits per heavy atom. The SMILES string of the molecule is C=C(C)C(=O)COc1ccc(C(CC)(CC)c2cc3cc(C(=O)O)ccc3s2)cc1C. The van der Waals surface area contributed by atoms with Crippen LogP contribution in [0.4, 0.5) is 0 Å². The molecule has 0 bridgehead atoms. The third-order valence-corrected chi connectivity index (χ3v) is 7.32. The smallest absolute Gasteiger partial charge is 0.335 e. The number of ether oxygens (including phenoxy) is 1. The molecule has 0 atom stereocenters. The fraction of sp³-hybridized carbons (Fsp3) is 0.308. The molecule has 1 aromatic heterocycles. The fourth-order valence-corrected chi connectivity index (χ4v) is 5.33. The van der Waals surface area contributed by atoms with E-state index in [0.717, 1.165) is 28.5 Å². The summed E-state index contributed by atoms with van der Waals surface area (Å²) in [6.45, 7) is 11.7. The molecule has 5 heteroatoms. The maximum atomic E-state index is 11.8. The summed E-state index contributed by atoms with van der Waals surface area (Å²) in [6.07, 6.45) is 1.83. The number of ketones is 1. The van der Waals surface area contributed by atoms with Crippen molar-refractivity contribution in [3.05, 3.63) is 76.2 Å². The molecule has 0 aliphatic carbocycles. The van der Waals surface area contributed by atoms with E-state index in [2.05, 4.69) is 38.6 Å². The van der Waals surface area contributed by atoms with Crippen LogP contribution in [0.3, 0.4) is 0 Å². The number of aryl methyl sites for hydroxylation is 1. The topological polar surface area (TPSA) is 63.6 Å². The van der Waals surface area contributed by atoms with Gasteiger partial charge < -0.3 is 9.84 Å². The highest BCUT2D eigenvalue weighted by atomic mass is 32.1. The van der Waals surface area contributed by atoms with Gasteiger partial charge >= 0.3 is 5.97 Å². The molecule has 3 rings (SSSR count). The lowest BCUT2D eigenvalue weighted by Crippen LogP contribution is -2.25. The van der Waals surface area contributed by atoms with Crippen LogP contribution < -0.4 is 4.74 Å². The summed E-state index contributed by atoms with van der Waals surface area (Å²) in [4.78, 5) is 24.4. The molecule has 0 aliphatic heterocycles. The molecule has 0 saturated carbocycles. The highest BCUT2D eigenvalue weighted by Gasteiger charge is 2.33. The third-order valence-electron chi connectivity index (χ3n) is 6.00. The molecule has 3 aromatic rings. The Balaban J connectivity index is 2.00. The Hall–Kier alpha value is -2.92. The molecule has 2 aromatic carbocycles. The van der Waals surface area contributed by atoms with Crippen LogP contribution >= 0.6 is 11.3 Å². The van der Waals surface area contributed by atoms with Gasteiger partial charge in [-0.05, 0) is 79.1 Å². The van der Waals surface area contributed by atoms with Crippen molar-refractivity contribution >= 4 is 33.2 Å². The normalized spacial score (nSPS) is 11.5. The zero-order valence-electron chi connectivity index (χ0n) is 18.5. The largest absolute Gasteiger partial charge is 0.485 e. The summed E-state index contributed by atoms with van der Waals surface area (Å²) in [5, 5.41) is 10.3. The summed E-state index contributed by atoms with van der Waals surface area (Å²) in [5.41, 5.74) is 2.79. The number of thiophene rings is 1. The van der Waals surface area contributed by atoms with E-state index in [1.807, 2.05) is 19.1 Å². The van der Waals surface area contributed by atoms with Crippen molar-refractivity contribution in [1.82, 2.24) is 0 Å². The molecule has 0 spiro atoms. The fourth-order valence-electron chi connectivity index (χ4n) is 3.94. The summed E-state index contributed by atoms with van der Waals surface area (Å²) in [7, 11) is 0. The number of rotatable bonds is 9. The molecule has 162 valence electrons. The maximum absolute atomic E-state index is 11.8. The van der Waals surface area contributed by atoms with Crippen molar-refractivity contribution in [2.75, 3.05) is 6.61 Å². The summed E-state index contributed by atoms with van der Waals surface area (Å²) >= 11 is 1.72. The molecule has 0 amide bonds. The molecule has 0 saturated heterocycles. The van der Waals surface area contributed by atoms with E-state index >= 15 is 0 Å². The Labute approximate surface area is 187 Å². The van der Waals surface area contributed by atoms with E-state index in [4.69, 9.17) is 4.74 Å². The predicted octanol–water partition coefficient (Wildman–Crippen LogP) is 6.54. The molecular weight excluding hydrogens is 408 g/mol. The first kappa shape index (κ1) is 22.8. The Morgan fingerprint density at radius 2 is 1.81 bits per heavy atom. The van der Waals surface area contributed by atoms with E-state index < -0.39 is 5.97 Å². The number of fused-ring (bicyclic) bond motifs is 1. The van der Waals surface area contributed by atoms with Gasteiger partial charge in [0.15, 0.2) is 12.4 Å². The van der Waals surface area contributed by atoms with E-state index in [1.165, 1.54) is 10.4 Å². The number of hydrogen-bond acceptors (Lipinski definition) is 4. The molecule has 1 heterocycles. The van der Waals surface area contributed by atoms with Crippen LogP contribution in [0.15, 0.2) is 54.6 Å². The second-order valence-corrected chi connectivity index (χ2v) is 9.01. The minimum absolute atomic E-state index is 0.00948. The van der Waals surface area contributed by atoms with Crippen LogP contribution in [-0.2, 0) is 10.2 Å². The zero-order valence-corrected chi connectivity index (χ0v) is 19.3. The Kier molecular flexibility index (Phi) is 6.65. The number of Topliss-reactive ketones (excluding diaryl/α,β-unsaturated/α-hetero) is 1. The number of hydrogen-bond donors (Lipinski definition) is 1. The third kappa shape index (κ3) is 4.42. The van der Waals surface area contributed by atoms with Crippen molar-refractivity contribution < 1.29 is 19.4 Å². The molecule has 4 nitrogen and oxygen atoms in total. The number of carboxylic acids is 1. The molecule has 1 N–H and O–H groups in total. The molecular formula is C26H28O4S.